The molecular weight excluding hydrogens is 224 g/mol. The van der Waals surface area contributed by atoms with Crippen LogP contribution in [0.4, 0.5) is 5.69 Å². The lowest BCUT2D eigenvalue weighted by Gasteiger charge is -2.05. The Morgan fingerprint density at radius 3 is 3.00 bits per heavy atom. The molecular formula is C10H18N4O3. The molecule has 0 aliphatic carbocycles. The predicted molar refractivity (Wildman–Crippen MR) is 62.6 cm³/mol. The fraction of sp³-hybridized carbons (Fsp3) is 0.600. The molecule has 7 nitrogen and oxygen atoms in total. The van der Waals surface area contributed by atoms with Gasteiger partial charge in [0.05, 0.1) is 25.1 Å². The van der Waals surface area contributed by atoms with Crippen molar-refractivity contribution in [3.8, 4) is 0 Å². The summed E-state index contributed by atoms with van der Waals surface area (Å²) in [6.45, 7) is 2.27. The molecule has 1 aromatic heterocycles. The van der Waals surface area contributed by atoms with Crippen molar-refractivity contribution in [2.24, 2.45) is 0 Å². The first-order valence-electron chi connectivity index (χ1n) is 5.39. The number of nitrogens with two attached hydrogens (primary N) is 1. The molecule has 17 heavy (non-hydrogen) atoms. The number of amides is 1. The predicted octanol–water partition coefficient (Wildman–Crippen LogP) is -0.225. The molecule has 1 heterocycles. The average molecular weight is 242 g/mol. The molecule has 0 fully saturated rings. The molecule has 96 valence electrons. The van der Waals surface area contributed by atoms with Crippen molar-refractivity contribution >= 4 is 11.6 Å². The Morgan fingerprint density at radius 1 is 1.53 bits per heavy atom. The molecule has 0 saturated heterocycles. The van der Waals surface area contributed by atoms with Crippen molar-refractivity contribution in [1.29, 1.82) is 0 Å². The highest BCUT2D eigenvalue weighted by Crippen LogP contribution is 2.04. The molecule has 0 radical (unpaired) electrons. The number of anilines is 1. The first kappa shape index (κ1) is 13.5. The molecule has 0 aromatic carbocycles. The van der Waals surface area contributed by atoms with E-state index in [-0.39, 0.29) is 5.91 Å². The zero-order valence-corrected chi connectivity index (χ0v) is 9.86. The Hall–Kier alpha value is -1.60. The first-order valence-corrected chi connectivity index (χ1v) is 5.39. The van der Waals surface area contributed by atoms with Gasteiger partial charge in [0.1, 0.15) is 5.69 Å². The van der Waals surface area contributed by atoms with E-state index < -0.39 is 0 Å². The van der Waals surface area contributed by atoms with Crippen molar-refractivity contribution in [1.82, 2.24) is 15.5 Å². The lowest BCUT2D eigenvalue weighted by molar-refractivity contribution is 0.0688. The van der Waals surface area contributed by atoms with Crippen LogP contribution in [0.5, 0.6) is 0 Å². The second-order valence-electron chi connectivity index (χ2n) is 3.41. The number of nitrogens with one attached hydrogen (secondary N) is 2. The van der Waals surface area contributed by atoms with Crippen LogP contribution in [0.15, 0.2) is 6.20 Å². The van der Waals surface area contributed by atoms with E-state index in [4.69, 9.17) is 15.2 Å². The van der Waals surface area contributed by atoms with Crippen LogP contribution in [0.25, 0.3) is 0 Å². The number of nitrogen functional groups attached to an aromatic ring is 1. The largest absolute Gasteiger partial charge is 0.396 e. The first-order chi connectivity index (χ1) is 8.25. The third kappa shape index (κ3) is 4.83. The molecule has 0 aliphatic heterocycles. The van der Waals surface area contributed by atoms with Crippen LogP contribution >= 0.6 is 0 Å². The van der Waals surface area contributed by atoms with E-state index in [2.05, 4.69) is 15.5 Å². The summed E-state index contributed by atoms with van der Waals surface area (Å²) in [4.78, 5) is 11.5. The van der Waals surface area contributed by atoms with E-state index in [0.29, 0.717) is 37.7 Å². The third-order valence-electron chi connectivity index (χ3n) is 2.08. The minimum atomic E-state index is -0.253. The molecule has 0 saturated carbocycles. The van der Waals surface area contributed by atoms with E-state index >= 15 is 0 Å². The second-order valence-corrected chi connectivity index (χ2v) is 3.41. The quantitative estimate of drug-likeness (QED) is 0.547. The van der Waals surface area contributed by atoms with Gasteiger partial charge in [0.15, 0.2) is 0 Å². The molecule has 0 spiro atoms. The zero-order valence-electron chi connectivity index (χ0n) is 9.86. The van der Waals surface area contributed by atoms with Gasteiger partial charge in [-0.25, -0.2) is 0 Å². The Kier molecular flexibility index (Phi) is 6.05. The molecule has 1 aromatic rings. The summed E-state index contributed by atoms with van der Waals surface area (Å²) in [5, 5.41) is 8.93. The molecule has 7 heteroatoms. The molecule has 0 bridgehead atoms. The number of carbonyl (C=O) groups excluding carboxylic acids is 1. The number of hydrogen-bond acceptors (Lipinski definition) is 5. The number of aromatic amines is 1. The van der Waals surface area contributed by atoms with Gasteiger partial charge in [-0.3, -0.25) is 9.89 Å². The van der Waals surface area contributed by atoms with Crippen LogP contribution in [0.1, 0.15) is 16.9 Å². The number of nitrogens with zero attached hydrogens (tertiary/aromatic N) is 1. The van der Waals surface area contributed by atoms with Crippen molar-refractivity contribution in [3.05, 3.63) is 11.9 Å². The van der Waals surface area contributed by atoms with Crippen molar-refractivity contribution in [2.75, 3.05) is 39.2 Å². The lowest BCUT2D eigenvalue weighted by Crippen LogP contribution is -2.26. The third-order valence-corrected chi connectivity index (χ3v) is 2.08. The van der Waals surface area contributed by atoms with Gasteiger partial charge >= 0.3 is 0 Å². The smallest absolute Gasteiger partial charge is 0.271 e. The molecule has 0 atom stereocenters. The summed E-state index contributed by atoms with van der Waals surface area (Å²) in [6, 6.07) is 0. The summed E-state index contributed by atoms with van der Waals surface area (Å²) in [5.41, 5.74) is 6.18. The van der Waals surface area contributed by atoms with Crippen molar-refractivity contribution in [3.63, 3.8) is 0 Å². The SMILES string of the molecule is COCCOCCCNC(=O)c1[nH]ncc1N. The Balaban J connectivity index is 2.07. The maximum Gasteiger partial charge on any atom is 0.271 e. The highest BCUT2D eigenvalue weighted by molar-refractivity contribution is 5.96. The van der Waals surface area contributed by atoms with Gasteiger partial charge in [-0.15, -0.1) is 0 Å². The Labute approximate surface area is 99.7 Å². The van der Waals surface area contributed by atoms with Crippen LogP contribution in [-0.2, 0) is 9.47 Å². The molecule has 0 unspecified atom stereocenters. The number of carbonyl (C=O) groups is 1. The van der Waals surface area contributed by atoms with E-state index in [1.165, 1.54) is 6.20 Å². The summed E-state index contributed by atoms with van der Waals surface area (Å²) in [7, 11) is 1.62. The van der Waals surface area contributed by atoms with Crippen LogP contribution in [0.2, 0.25) is 0 Å². The van der Waals surface area contributed by atoms with E-state index in [9.17, 15) is 4.79 Å². The summed E-state index contributed by atoms with van der Waals surface area (Å²) >= 11 is 0. The molecule has 0 aliphatic rings. The summed E-state index contributed by atoms with van der Waals surface area (Å²) in [5.74, 6) is -0.253. The van der Waals surface area contributed by atoms with Gasteiger partial charge < -0.3 is 20.5 Å². The van der Waals surface area contributed by atoms with Gasteiger partial charge in [-0.05, 0) is 6.42 Å². The van der Waals surface area contributed by atoms with Crippen LogP contribution in [0, 0.1) is 0 Å². The standard InChI is InChI=1S/C10H18N4O3/c1-16-5-6-17-4-2-3-12-10(15)9-8(11)7-13-14-9/h7H,2-6,11H2,1H3,(H,12,15)(H,13,14). The summed E-state index contributed by atoms with van der Waals surface area (Å²) in [6.07, 6.45) is 2.15. The number of ether oxygens (including phenoxy) is 2. The van der Waals surface area contributed by atoms with E-state index in [1.54, 1.807) is 7.11 Å². The average Bonchev–Trinajstić information content (AvgIpc) is 2.74. The fourth-order valence-corrected chi connectivity index (χ4v) is 1.19. The van der Waals surface area contributed by atoms with Crippen LogP contribution < -0.4 is 11.1 Å². The van der Waals surface area contributed by atoms with Gasteiger partial charge in [0.25, 0.3) is 5.91 Å². The fourth-order valence-electron chi connectivity index (χ4n) is 1.19. The second kappa shape index (κ2) is 7.64. The van der Waals surface area contributed by atoms with Gasteiger partial charge in [0.2, 0.25) is 0 Å². The maximum absolute atomic E-state index is 11.5. The topological polar surface area (TPSA) is 102 Å². The lowest BCUT2D eigenvalue weighted by atomic mass is 10.3. The Bertz CT molecular complexity index is 340. The van der Waals surface area contributed by atoms with Crippen molar-refractivity contribution < 1.29 is 14.3 Å². The molecule has 1 rings (SSSR count). The van der Waals surface area contributed by atoms with Gasteiger partial charge in [0, 0.05) is 20.3 Å². The van der Waals surface area contributed by atoms with Gasteiger partial charge in [-0.2, -0.15) is 5.10 Å². The van der Waals surface area contributed by atoms with Crippen LogP contribution in [0.3, 0.4) is 0 Å². The maximum atomic E-state index is 11.5. The van der Waals surface area contributed by atoms with Crippen molar-refractivity contribution in [2.45, 2.75) is 6.42 Å². The number of rotatable bonds is 8. The van der Waals surface area contributed by atoms with E-state index in [0.717, 1.165) is 6.42 Å². The minimum Gasteiger partial charge on any atom is -0.396 e. The summed E-state index contributed by atoms with van der Waals surface area (Å²) < 4.78 is 10.1. The normalized spacial score (nSPS) is 10.4. The molecule has 4 N–H and O–H groups in total. The monoisotopic (exact) mass is 242 g/mol. The zero-order chi connectivity index (χ0) is 12.5. The number of methoxy groups -OCH3 is 1. The van der Waals surface area contributed by atoms with E-state index in [1.807, 2.05) is 0 Å². The highest BCUT2D eigenvalue weighted by Gasteiger charge is 2.10. The minimum absolute atomic E-state index is 0.253. The number of H-pyrrole nitrogens is 1. The van der Waals surface area contributed by atoms with Gasteiger partial charge in [-0.1, -0.05) is 0 Å². The van der Waals surface area contributed by atoms with Crippen LogP contribution in [-0.4, -0.2) is 49.6 Å². The molecule has 1 amide bonds. The Morgan fingerprint density at radius 2 is 2.35 bits per heavy atom. The highest BCUT2D eigenvalue weighted by atomic mass is 16.5. The number of aromatic nitrogens is 2. The number of hydrogen-bond donors (Lipinski definition) is 3.